The molecule has 0 aliphatic rings. The summed E-state index contributed by atoms with van der Waals surface area (Å²) in [7, 11) is 4.45. The average Bonchev–Trinajstić information content (AvgIpc) is 1.50. The predicted molar refractivity (Wildman–Crippen MR) is 28.8 cm³/mol. The molecule has 0 spiro atoms. The minimum absolute atomic E-state index is 0. The van der Waals surface area contributed by atoms with Crippen molar-refractivity contribution in [3.63, 3.8) is 0 Å². The minimum atomic E-state index is 0. The zero-order chi connectivity index (χ0) is 4.00. The fraction of sp³-hybridized carbons (Fsp3) is 0. The second-order valence-corrected chi connectivity index (χ2v) is 0. The van der Waals surface area contributed by atoms with E-state index in [0.717, 1.165) is 0 Å². The summed E-state index contributed by atoms with van der Waals surface area (Å²) in [5, 5.41) is 0. The van der Waals surface area contributed by atoms with Crippen molar-refractivity contribution in [1.82, 2.24) is 0 Å². The molecule has 0 rings (SSSR count). The van der Waals surface area contributed by atoms with Crippen LogP contribution >= 0.6 is 44.2 Å². The first-order valence-corrected chi connectivity index (χ1v) is 6.75. The second kappa shape index (κ2) is 28.1. The number of rotatable bonds is 0. The summed E-state index contributed by atoms with van der Waals surface area (Å²) in [6.07, 6.45) is 0. The third-order valence-electron chi connectivity index (χ3n) is 0. The van der Waals surface area contributed by atoms with Crippen LogP contribution in [0.5, 0.6) is 0 Å². The van der Waals surface area contributed by atoms with Gasteiger partial charge in [0.15, 0.2) is 0 Å². The van der Waals surface area contributed by atoms with Crippen LogP contribution in [0.1, 0.15) is 0 Å². The fourth-order valence-corrected chi connectivity index (χ4v) is 0. The Kier molecular flexibility index (Phi) is 88.1. The van der Waals surface area contributed by atoms with Crippen LogP contribution in [0.25, 0.3) is 0 Å². The van der Waals surface area contributed by atoms with E-state index in [4.69, 9.17) is 0 Å². The van der Waals surface area contributed by atoms with Gasteiger partial charge < -0.3 is 0 Å². The molecule has 0 unspecified atom stereocenters. The second-order valence-electron chi connectivity index (χ2n) is 0. The Hall–Kier alpha value is 2.98. The van der Waals surface area contributed by atoms with E-state index in [9.17, 15) is 0 Å². The van der Waals surface area contributed by atoms with E-state index in [1.54, 1.807) is 0 Å². The summed E-state index contributed by atoms with van der Waals surface area (Å²) in [6, 6.07) is 0. The van der Waals surface area contributed by atoms with Crippen LogP contribution in [0.4, 0.5) is 0 Å². The van der Waals surface area contributed by atoms with E-state index >= 15 is 0 Å². The Morgan fingerprint density at radius 2 is 1.40 bits per heavy atom. The average molecular weight is 458 g/mol. The molecule has 43 valence electrons. The molecule has 0 aliphatic carbocycles. The van der Waals surface area contributed by atoms with Gasteiger partial charge in [-0.1, -0.05) is 0 Å². The Labute approximate surface area is 82.1 Å². The molecule has 0 aromatic rings. The molecule has 0 aliphatic heterocycles. The van der Waals surface area contributed by atoms with Crippen LogP contribution in [-0.2, 0) is 39.6 Å². The van der Waals surface area contributed by atoms with Crippen LogP contribution in [0.2, 0.25) is 0 Å². The Morgan fingerprint density at radius 3 is 1.40 bits per heavy atom. The van der Waals surface area contributed by atoms with Crippen LogP contribution in [0.15, 0.2) is 0 Å². The van der Waals surface area contributed by atoms with Gasteiger partial charge in [0.25, 0.3) is 0 Å². The van der Waals surface area contributed by atoms with Crippen LogP contribution < -0.4 is 0 Å². The van der Waals surface area contributed by atoms with Crippen LogP contribution in [-0.4, -0.2) is 0 Å². The van der Waals surface area contributed by atoms with Gasteiger partial charge in [0, 0.05) is 37.4 Å². The normalized spacial score (nSPS) is 2.60. The first-order chi connectivity index (χ1) is 2.00. The monoisotopic (exact) mass is 455 g/mol. The van der Waals surface area contributed by atoms with Crippen LogP contribution in [0, 0.1) is 0 Å². The van der Waals surface area contributed by atoms with E-state index in [-0.39, 0.29) is 22.4 Å². The van der Waals surface area contributed by atoms with E-state index < -0.39 is 0 Å². The molecular weight excluding hydrogens is 458 g/mol. The SMILES string of the molecule is ClBr.[Ag].[Ag][I]. The summed E-state index contributed by atoms with van der Waals surface area (Å²) >= 11 is 7.29. The quantitative estimate of drug-likeness (QED) is 0.387. The molecule has 0 aromatic carbocycles. The molecule has 5 heteroatoms. The molecular formula is Ag2BrClI. The maximum atomic E-state index is 4.45. The summed E-state index contributed by atoms with van der Waals surface area (Å²) < 4.78 is 0. The van der Waals surface area contributed by atoms with Gasteiger partial charge in [0.1, 0.15) is 0 Å². The van der Waals surface area contributed by atoms with Crippen molar-refractivity contribution in [2.75, 3.05) is 0 Å². The Bertz CT molecular complexity index is 9.61. The molecule has 5 heavy (non-hydrogen) atoms. The van der Waals surface area contributed by atoms with E-state index in [1.165, 1.54) is 0 Å². The van der Waals surface area contributed by atoms with Crippen molar-refractivity contribution in [3.05, 3.63) is 0 Å². The molecule has 0 nitrogen and oxygen atoms in total. The van der Waals surface area contributed by atoms with Crippen molar-refractivity contribution < 1.29 is 39.6 Å². The molecule has 0 amide bonds. The van der Waals surface area contributed by atoms with E-state index in [2.05, 4.69) is 42.4 Å². The molecule has 0 heterocycles. The number of hydrogen-bond donors (Lipinski definition) is 0. The van der Waals surface area contributed by atoms with Gasteiger partial charge in [-0.3, -0.25) is 0 Å². The maximum absolute atomic E-state index is 4.45. The molecule has 0 fully saturated rings. The van der Waals surface area contributed by atoms with E-state index in [0.29, 0.717) is 0 Å². The third kappa shape index (κ3) is 19.5. The van der Waals surface area contributed by atoms with Gasteiger partial charge in [-0.05, 0) is 10.1 Å². The van der Waals surface area contributed by atoms with Crippen molar-refractivity contribution in [2.24, 2.45) is 0 Å². The summed E-state index contributed by atoms with van der Waals surface area (Å²) in [6.45, 7) is 0. The fourth-order valence-electron chi connectivity index (χ4n) is 0. The van der Waals surface area contributed by atoms with Crippen molar-refractivity contribution in [3.8, 4) is 0 Å². The molecule has 0 aromatic heterocycles. The topological polar surface area (TPSA) is 0 Å². The third-order valence-corrected chi connectivity index (χ3v) is 0. The van der Waals surface area contributed by atoms with Gasteiger partial charge in [-0.2, -0.15) is 0 Å². The van der Waals surface area contributed by atoms with Gasteiger partial charge in [0.2, 0.25) is 0 Å². The van der Waals surface area contributed by atoms with Gasteiger partial charge in [-0.25, -0.2) is 0 Å². The summed E-state index contributed by atoms with van der Waals surface area (Å²) in [5.74, 6) is 0. The van der Waals surface area contributed by atoms with Gasteiger partial charge >= 0.3 is 36.3 Å². The zero-order valence-corrected chi connectivity index (χ0v) is 9.20. The van der Waals surface area contributed by atoms with Gasteiger partial charge in [0.05, 0.1) is 0 Å². The van der Waals surface area contributed by atoms with Crippen molar-refractivity contribution in [1.29, 1.82) is 0 Å². The standard InChI is InChI=1S/2Ag.BrCl.HI/c;;1-2;/h;;;1H/q;+1;;/p-1. The number of hydrogen-bond acceptors (Lipinski definition) is 0. The molecule has 0 N–H and O–H groups in total. The molecule has 0 saturated carbocycles. The Balaban J connectivity index is -0.0000000133. The first kappa shape index (κ1) is 15.7. The summed E-state index contributed by atoms with van der Waals surface area (Å²) in [4.78, 5) is 0. The zero-order valence-electron chi connectivity index (χ0n) is 1.74. The molecule has 0 bridgehead atoms. The predicted octanol–water partition coefficient (Wildman–Crippen LogP) is 2.42. The Morgan fingerprint density at radius 1 is 1.40 bits per heavy atom. The summed E-state index contributed by atoms with van der Waals surface area (Å²) in [5.41, 5.74) is 0. The first-order valence-electron chi connectivity index (χ1n) is 0.257. The number of halogens is 3. The van der Waals surface area contributed by atoms with Crippen molar-refractivity contribution in [2.45, 2.75) is 0 Å². The van der Waals surface area contributed by atoms with Crippen molar-refractivity contribution >= 4 is 44.2 Å². The van der Waals surface area contributed by atoms with E-state index in [1.807, 2.05) is 19.0 Å². The van der Waals surface area contributed by atoms with Gasteiger partial charge in [-0.15, -0.1) is 0 Å². The van der Waals surface area contributed by atoms with Crippen LogP contribution in [0.3, 0.4) is 0 Å². The molecule has 1 radical (unpaired) electrons. The molecule has 0 saturated heterocycles. The molecule has 0 atom stereocenters.